The van der Waals surface area contributed by atoms with Crippen LogP contribution in [0.15, 0.2) is 0 Å². The summed E-state index contributed by atoms with van der Waals surface area (Å²) in [5, 5.41) is 9.68. The van der Waals surface area contributed by atoms with E-state index in [1.165, 1.54) is 38.6 Å². The zero-order valence-corrected chi connectivity index (χ0v) is 10.7. The molecule has 2 aliphatic heterocycles. The third kappa shape index (κ3) is 2.25. The molecule has 3 unspecified atom stereocenters. The van der Waals surface area contributed by atoms with Crippen LogP contribution in [0.3, 0.4) is 0 Å². The average Bonchev–Trinajstić information content (AvgIpc) is 2.98. The molecule has 3 aliphatic rings. The van der Waals surface area contributed by atoms with E-state index in [0.717, 1.165) is 38.1 Å². The van der Waals surface area contributed by atoms with Crippen molar-refractivity contribution in [2.24, 2.45) is 11.3 Å². The van der Waals surface area contributed by atoms with Crippen molar-refractivity contribution in [3.05, 3.63) is 0 Å². The average molecular weight is 239 g/mol. The van der Waals surface area contributed by atoms with Crippen molar-refractivity contribution in [2.75, 3.05) is 32.9 Å². The third-order valence-corrected chi connectivity index (χ3v) is 5.17. The van der Waals surface area contributed by atoms with Crippen LogP contribution in [-0.2, 0) is 4.74 Å². The molecule has 17 heavy (non-hydrogen) atoms. The number of hydrogen-bond acceptors (Lipinski definition) is 3. The zero-order valence-electron chi connectivity index (χ0n) is 10.7. The summed E-state index contributed by atoms with van der Waals surface area (Å²) in [4.78, 5) is 2.67. The summed E-state index contributed by atoms with van der Waals surface area (Å²) in [5.74, 6) is 0.946. The Labute approximate surface area is 104 Å². The quantitative estimate of drug-likeness (QED) is 0.813. The minimum absolute atomic E-state index is 0.0461. The SMILES string of the molecule is OCC1(CN2CCCC3CCCC32)CCOC1. The number of aliphatic hydroxyl groups excluding tert-OH is 1. The van der Waals surface area contributed by atoms with Crippen LogP contribution in [0.4, 0.5) is 0 Å². The van der Waals surface area contributed by atoms with Crippen molar-refractivity contribution in [3.8, 4) is 0 Å². The van der Waals surface area contributed by atoms with Gasteiger partial charge >= 0.3 is 0 Å². The number of ether oxygens (including phenoxy) is 1. The summed E-state index contributed by atoms with van der Waals surface area (Å²) in [6.07, 6.45) is 8.05. The molecular weight excluding hydrogens is 214 g/mol. The van der Waals surface area contributed by atoms with Crippen LogP contribution in [0.2, 0.25) is 0 Å². The number of aliphatic hydroxyl groups is 1. The third-order valence-electron chi connectivity index (χ3n) is 5.17. The molecule has 0 spiro atoms. The van der Waals surface area contributed by atoms with Gasteiger partial charge in [-0.3, -0.25) is 4.90 Å². The number of rotatable bonds is 3. The van der Waals surface area contributed by atoms with Gasteiger partial charge in [-0.05, 0) is 44.6 Å². The van der Waals surface area contributed by atoms with E-state index in [4.69, 9.17) is 4.74 Å². The Balaban J connectivity index is 1.66. The predicted molar refractivity (Wildman–Crippen MR) is 66.9 cm³/mol. The molecule has 0 aromatic carbocycles. The highest BCUT2D eigenvalue weighted by molar-refractivity contribution is 4.94. The Hall–Kier alpha value is -0.120. The number of piperidine rings is 1. The fourth-order valence-corrected chi connectivity index (χ4v) is 4.13. The van der Waals surface area contributed by atoms with Gasteiger partial charge in [-0.2, -0.15) is 0 Å². The predicted octanol–water partition coefficient (Wildman–Crippen LogP) is 1.65. The molecule has 0 aromatic heterocycles. The van der Waals surface area contributed by atoms with E-state index >= 15 is 0 Å². The maximum Gasteiger partial charge on any atom is 0.0557 e. The Morgan fingerprint density at radius 2 is 2.12 bits per heavy atom. The Bertz CT molecular complexity index is 263. The number of nitrogens with zero attached hydrogens (tertiary/aromatic N) is 1. The number of hydrogen-bond donors (Lipinski definition) is 1. The Morgan fingerprint density at radius 3 is 2.88 bits per heavy atom. The monoisotopic (exact) mass is 239 g/mol. The van der Waals surface area contributed by atoms with Gasteiger partial charge < -0.3 is 9.84 Å². The lowest BCUT2D eigenvalue weighted by Gasteiger charge is -2.42. The highest BCUT2D eigenvalue weighted by Crippen LogP contribution is 2.39. The first kappa shape index (κ1) is 11.9. The van der Waals surface area contributed by atoms with Crippen LogP contribution in [0.25, 0.3) is 0 Å². The maximum absolute atomic E-state index is 9.68. The largest absolute Gasteiger partial charge is 0.396 e. The minimum atomic E-state index is 0.0461. The Morgan fingerprint density at radius 1 is 1.24 bits per heavy atom. The van der Waals surface area contributed by atoms with Crippen molar-refractivity contribution >= 4 is 0 Å². The summed E-state index contributed by atoms with van der Waals surface area (Å²) in [6.45, 7) is 4.19. The summed E-state index contributed by atoms with van der Waals surface area (Å²) >= 11 is 0. The molecule has 3 atom stereocenters. The van der Waals surface area contributed by atoms with E-state index in [1.807, 2.05) is 0 Å². The molecule has 1 N–H and O–H groups in total. The smallest absolute Gasteiger partial charge is 0.0557 e. The second-order valence-corrected chi connectivity index (χ2v) is 6.33. The summed E-state index contributed by atoms with van der Waals surface area (Å²) in [6, 6.07) is 0.813. The van der Waals surface area contributed by atoms with Crippen molar-refractivity contribution < 1.29 is 9.84 Å². The van der Waals surface area contributed by atoms with Gasteiger partial charge in [0.15, 0.2) is 0 Å². The van der Waals surface area contributed by atoms with Gasteiger partial charge in [0.1, 0.15) is 0 Å². The van der Waals surface area contributed by atoms with Crippen LogP contribution in [0.5, 0.6) is 0 Å². The van der Waals surface area contributed by atoms with Gasteiger partial charge in [-0.15, -0.1) is 0 Å². The topological polar surface area (TPSA) is 32.7 Å². The fraction of sp³-hybridized carbons (Fsp3) is 1.00. The van der Waals surface area contributed by atoms with E-state index in [0.29, 0.717) is 6.61 Å². The lowest BCUT2D eigenvalue weighted by molar-refractivity contribution is 0.0189. The second kappa shape index (κ2) is 4.87. The molecule has 3 heteroatoms. The molecule has 0 aromatic rings. The standard InChI is InChI=1S/C14H25NO2/c16-10-14(6-8-17-11-14)9-15-7-2-4-12-3-1-5-13(12)15/h12-13,16H,1-11H2. The van der Waals surface area contributed by atoms with E-state index in [2.05, 4.69) is 4.90 Å². The van der Waals surface area contributed by atoms with Gasteiger partial charge in [-0.1, -0.05) is 6.42 Å². The maximum atomic E-state index is 9.68. The molecule has 2 heterocycles. The fourth-order valence-electron chi connectivity index (χ4n) is 4.13. The number of fused-ring (bicyclic) bond motifs is 1. The lowest BCUT2D eigenvalue weighted by Crippen LogP contribution is -2.49. The molecule has 3 nitrogen and oxygen atoms in total. The molecule has 98 valence electrons. The molecule has 2 saturated heterocycles. The van der Waals surface area contributed by atoms with E-state index in [1.54, 1.807) is 0 Å². The van der Waals surface area contributed by atoms with Gasteiger partial charge in [0.2, 0.25) is 0 Å². The van der Waals surface area contributed by atoms with Crippen molar-refractivity contribution in [2.45, 2.75) is 44.6 Å². The summed E-state index contributed by atoms with van der Waals surface area (Å²) < 4.78 is 5.52. The molecule has 3 rings (SSSR count). The first-order valence-electron chi connectivity index (χ1n) is 7.26. The van der Waals surface area contributed by atoms with E-state index in [9.17, 15) is 5.11 Å². The molecule has 1 saturated carbocycles. The van der Waals surface area contributed by atoms with Gasteiger partial charge in [0, 0.05) is 24.6 Å². The van der Waals surface area contributed by atoms with Gasteiger partial charge in [0.05, 0.1) is 13.2 Å². The molecular formula is C14H25NO2. The molecule has 0 bridgehead atoms. The van der Waals surface area contributed by atoms with E-state index in [-0.39, 0.29) is 5.41 Å². The first-order valence-corrected chi connectivity index (χ1v) is 7.26. The minimum Gasteiger partial charge on any atom is -0.396 e. The molecule has 3 fully saturated rings. The van der Waals surface area contributed by atoms with Crippen LogP contribution in [0, 0.1) is 11.3 Å². The van der Waals surface area contributed by atoms with Crippen molar-refractivity contribution in [3.63, 3.8) is 0 Å². The van der Waals surface area contributed by atoms with Gasteiger partial charge in [0.25, 0.3) is 0 Å². The zero-order chi connectivity index (χ0) is 11.7. The van der Waals surface area contributed by atoms with E-state index < -0.39 is 0 Å². The summed E-state index contributed by atoms with van der Waals surface area (Å²) in [7, 11) is 0. The first-order chi connectivity index (χ1) is 8.33. The molecule has 1 aliphatic carbocycles. The van der Waals surface area contributed by atoms with Crippen molar-refractivity contribution in [1.29, 1.82) is 0 Å². The molecule has 0 amide bonds. The van der Waals surface area contributed by atoms with Crippen LogP contribution >= 0.6 is 0 Å². The van der Waals surface area contributed by atoms with Crippen LogP contribution in [-0.4, -0.2) is 49.0 Å². The van der Waals surface area contributed by atoms with Crippen molar-refractivity contribution in [1.82, 2.24) is 4.90 Å². The Kier molecular flexibility index (Phi) is 3.42. The normalized spacial score (nSPS) is 42.9. The highest BCUT2D eigenvalue weighted by atomic mass is 16.5. The number of likely N-dealkylation sites (tertiary alicyclic amines) is 1. The molecule has 0 radical (unpaired) electrons. The lowest BCUT2D eigenvalue weighted by atomic mass is 9.84. The highest BCUT2D eigenvalue weighted by Gasteiger charge is 2.41. The summed E-state index contributed by atoms with van der Waals surface area (Å²) in [5.41, 5.74) is 0.0461. The van der Waals surface area contributed by atoms with Crippen LogP contribution < -0.4 is 0 Å². The second-order valence-electron chi connectivity index (χ2n) is 6.33. The van der Waals surface area contributed by atoms with Gasteiger partial charge in [-0.25, -0.2) is 0 Å². The van der Waals surface area contributed by atoms with Crippen LogP contribution in [0.1, 0.15) is 38.5 Å².